The number of aryl methyl sites for hydroxylation is 2. The summed E-state index contributed by atoms with van der Waals surface area (Å²) in [7, 11) is 0. The molecule has 1 heterocycles. The zero-order valence-electron chi connectivity index (χ0n) is 25.3. The van der Waals surface area contributed by atoms with Gasteiger partial charge in [0.15, 0.2) is 0 Å². The van der Waals surface area contributed by atoms with Crippen LogP contribution in [0, 0.1) is 6.92 Å². The number of hydrogen-bond acceptors (Lipinski definition) is 5. The maximum absolute atomic E-state index is 13.6. The molecule has 0 spiro atoms. The van der Waals surface area contributed by atoms with Crippen LogP contribution >= 0.6 is 0 Å². The van der Waals surface area contributed by atoms with Crippen molar-refractivity contribution in [2.75, 3.05) is 0 Å². The maximum atomic E-state index is 13.6. The third kappa shape index (κ3) is 7.27. The van der Waals surface area contributed by atoms with Crippen molar-refractivity contribution in [2.45, 2.75) is 52.1 Å². The number of aromatic carboxylic acids is 1. The summed E-state index contributed by atoms with van der Waals surface area (Å²) in [6.07, 6.45) is 2.00. The quantitative estimate of drug-likeness (QED) is 0.103. The van der Waals surface area contributed by atoms with Crippen LogP contribution in [0.1, 0.15) is 63.0 Å². The highest BCUT2D eigenvalue weighted by Gasteiger charge is 2.21. The maximum Gasteiger partial charge on any atom is 0.336 e. The minimum Gasteiger partial charge on any atom is -0.478 e. The van der Waals surface area contributed by atoms with Crippen molar-refractivity contribution in [3.8, 4) is 11.1 Å². The van der Waals surface area contributed by atoms with E-state index in [4.69, 9.17) is 10.2 Å². The van der Waals surface area contributed by atoms with Crippen LogP contribution in [0.4, 0.5) is 0 Å². The largest absolute Gasteiger partial charge is 0.478 e. The van der Waals surface area contributed by atoms with Gasteiger partial charge in [0.05, 0.1) is 16.6 Å². The number of benzene rings is 4. The number of amides is 2. The molecule has 1 unspecified atom stereocenters. The number of carboxylic acids is 1. The molecule has 4 N–H and O–H groups in total. The molecule has 0 saturated heterocycles. The van der Waals surface area contributed by atoms with Crippen LogP contribution < -0.4 is 10.8 Å². The zero-order chi connectivity index (χ0) is 31.9. The molecule has 1 aromatic heterocycles. The minimum absolute atomic E-state index is 0.0795. The molecule has 5 rings (SSSR count). The van der Waals surface area contributed by atoms with Crippen molar-refractivity contribution in [3.05, 3.63) is 125 Å². The van der Waals surface area contributed by atoms with Crippen molar-refractivity contribution in [2.24, 2.45) is 0 Å². The van der Waals surface area contributed by atoms with E-state index in [9.17, 15) is 19.5 Å². The predicted octanol–water partition coefficient (Wildman–Crippen LogP) is 5.95. The number of carbonyl (C=O) groups is 3. The number of nitrogens with zero attached hydrogens (tertiary/aromatic N) is 2. The lowest BCUT2D eigenvalue weighted by molar-refractivity contribution is -0.129. The summed E-state index contributed by atoms with van der Waals surface area (Å²) in [5.74, 6) is -0.961. The normalized spacial score (nSPS) is 11.7. The number of hydrogen-bond donors (Lipinski definition) is 4. The smallest absolute Gasteiger partial charge is 0.336 e. The Morgan fingerprint density at radius 1 is 0.911 bits per heavy atom. The number of hydroxylamine groups is 1. The van der Waals surface area contributed by atoms with E-state index in [0.29, 0.717) is 24.1 Å². The number of imidazole rings is 1. The first-order valence-corrected chi connectivity index (χ1v) is 15.0. The monoisotopic (exact) mass is 604 g/mol. The molecule has 4 aromatic carbocycles. The van der Waals surface area contributed by atoms with Gasteiger partial charge in [-0.25, -0.2) is 15.3 Å². The Kier molecular flexibility index (Phi) is 9.70. The molecule has 0 aliphatic rings. The van der Waals surface area contributed by atoms with Crippen molar-refractivity contribution in [3.63, 3.8) is 0 Å². The molecule has 230 valence electrons. The van der Waals surface area contributed by atoms with Gasteiger partial charge in [-0.1, -0.05) is 79.7 Å². The highest BCUT2D eigenvalue weighted by Crippen LogP contribution is 2.27. The molecule has 0 aliphatic carbocycles. The van der Waals surface area contributed by atoms with E-state index in [-0.39, 0.29) is 17.9 Å². The average molecular weight is 605 g/mol. The van der Waals surface area contributed by atoms with Crippen LogP contribution in [0.25, 0.3) is 22.2 Å². The second-order valence-corrected chi connectivity index (χ2v) is 11.2. The lowest BCUT2D eigenvalue weighted by Crippen LogP contribution is -2.40. The molecule has 45 heavy (non-hydrogen) atoms. The molecule has 0 fully saturated rings. The van der Waals surface area contributed by atoms with Crippen molar-refractivity contribution < 1.29 is 24.7 Å². The number of aromatic nitrogens is 2. The molecular weight excluding hydrogens is 568 g/mol. The van der Waals surface area contributed by atoms with Crippen LogP contribution in [0.3, 0.4) is 0 Å². The first-order chi connectivity index (χ1) is 21.8. The molecule has 0 aliphatic heterocycles. The van der Waals surface area contributed by atoms with Crippen LogP contribution in [0.15, 0.2) is 91.0 Å². The zero-order valence-corrected chi connectivity index (χ0v) is 25.3. The Balaban J connectivity index is 1.45. The topological polar surface area (TPSA) is 134 Å². The first kappa shape index (κ1) is 31.2. The van der Waals surface area contributed by atoms with E-state index in [1.54, 1.807) is 23.7 Å². The minimum atomic E-state index is -0.970. The fraction of sp³-hybridized carbons (Fsp3) is 0.222. The number of carboxylic acid groups (broad SMARTS) is 1. The summed E-state index contributed by atoms with van der Waals surface area (Å²) in [6, 6.07) is 27.4. The van der Waals surface area contributed by atoms with Gasteiger partial charge in [-0.3, -0.25) is 14.8 Å². The van der Waals surface area contributed by atoms with Crippen LogP contribution in [-0.2, 0) is 24.2 Å². The molecule has 9 nitrogen and oxygen atoms in total. The molecule has 0 bridgehead atoms. The summed E-state index contributed by atoms with van der Waals surface area (Å²) in [6.45, 7) is 4.55. The molecular formula is C36H36N4O5. The van der Waals surface area contributed by atoms with E-state index in [1.807, 2.05) is 79.7 Å². The van der Waals surface area contributed by atoms with Gasteiger partial charge in [-0.05, 0) is 65.8 Å². The molecule has 9 heteroatoms. The van der Waals surface area contributed by atoms with E-state index >= 15 is 0 Å². The van der Waals surface area contributed by atoms with E-state index in [2.05, 4.69) is 16.8 Å². The Labute approximate surface area is 261 Å². The second-order valence-electron chi connectivity index (χ2n) is 11.2. The standard InChI is InChI=1S/C36H36N4O5/c1-3-9-32-38-34-23(2)18-27(35(42)37-28(21-33(41)39-45)19-24-10-5-4-6-11-24)20-31(34)40(32)22-25-14-16-26(17-15-25)29-12-7-8-13-30(29)36(43)44/h4-8,10-18,20,28,45H,3,9,19,21-22H2,1-2H3,(H,37,42)(H,39,41)(H,43,44). The highest BCUT2D eigenvalue weighted by molar-refractivity contribution is 5.99. The van der Waals surface area contributed by atoms with Gasteiger partial charge < -0.3 is 15.0 Å². The van der Waals surface area contributed by atoms with Crippen molar-refractivity contribution in [1.29, 1.82) is 0 Å². The van der Waals surface area contributed by atoms with Gasteiger partial charge in [0.1, 0.15) is 5.82 Å². The summed E-state index contributed by atoms with van der Waals surface area (Å²) in [4.78, 5) is 42.3. The molecule has 5 aromatic rings. The third-order valence-corrected chi connectivity index (χ3v) is 7.84. The second kappa shape index (κ2) is 14.0. The Bertz CT molecular complexity index is 1830. The SMILES string of the molecule is CCCc1nc2c(C)cc(C(=O)NC(CC(=O)NO)Cc3ccccc3)cc2n1Cc1ccc(-c2ccccc2C(=O)O)cc1. The highest BCUT2D eigenvalue weighted by atomic mass is 16.5. The Morgan fingerprint density at radius 3 is 2.31 bits per heavy atom. The van der Waals surface area contributed by atoms with Gasteiger partial charge in [-0.15, -0.1) is 0 Å². The summed E-state index contributed by atoms with van der Waals surface area (Å²) >= 11 is 0. The molecule has 1 atom stereocenters. The third-order valence-electron chi connectivity index (χ3n) is 7.84. The van der Waals surface area contributed by atoms with E-state index in [0.717, 1.165) is 52.0 Å². The van der Waals surface area contributed by atoms with Crippen molar-refractivity contribution >= 4 is 28.8 Å². The number of nitrogens with one attached hydrogen (secondary N) is 2. The number of carbonyl (C=O) groups excluding carboxylic acids is 2. The fourth-order valence-electron chi connectivity index (χ4n) is 5.67. The van der Waals surface area contributed by atoms with Gasteiger partial charge in [0, 0.05) is 31.0 Å². The van der Waals surface area contributed by atoms with Crippen LogP contribution in [0.5, 0.6) is 0 Å². The lowest BCUT2D eigenvalue weighted by atomic mass is 9.98. The van der Waals surface area contributed by atoms with E-state index < -0.39 is 17.9 Å². The predicted molar refractivity (Wildman–Crippen MR) is 172 cm³/mol. The summed E-state index contributed by atoms with van der Waals surface area (Å²) in [5.41, 5.74) is 8.32. The molecule has 2 amide bonds. The summed E-state index contributed by atoms with van der Waals surface area (Å²) < 4.78 is 2.13. The number of fused-ring (bicyclic) bond motifs is 1. The first-order valence-electron chi connectivity index (χ1n) is 15.0. The Hall–Kier alpha value is -5.28. The molecule has 0 saturated carbocycles. The van der Waals surface area contributed by atoms with Gasteiger partial charge in [0.2, 0.25) is 5.91 Å². The lowest BCUT2D eigenvalue weighted by Gasteiger charge is -2.18. The van der Waals surface area contributed by atoms with Gasteiger partial charge in [-0.2, -0.15) is 0 Å². The van der Waals surface area contributed by atoms with Gasteiger partial charge >= 0.3 is 5.97 Å². The number of rotatable bonds is 12. The van der Waals surface area contributed by atoms with Crippen LogP contribution in [0.2, 0.25) is 0 Å². The van der Waals surface area contributed by atoms with Crippen LogP contribution in [-0.4, -0.2) is 43.7 Å². The van der Waals surface area contributed by atoms with Gasteiger partial charge in [0.25, 0.3) is 5.91 Å². The Morgan fingerprint density at radius 2 is 1.62 bits per heavy atom. The average Bonchev–Trinajstić information content (AvgIpc) is 3.39. The van der Waals surface area contributed by atoms with E-state index in [1.165, 1.54) is 0 Å². The van der Waals surface area contributed by atoms with Crippen molar-refractivity contribution in [1.82, 2.24) is 20.3 Å². The summed E-state index contributed by atoms with van der Waals surface area (Å²) in [5, 5.41) is 21.7. The fourth-order valence-corrected chi connectivity index (χ4v) is 5.67. The molecule has 0 radical (unpaired) electrons.